The van der Waals surface area contributed by atoms with E-state index in [0.717, 1.165) is 33.7 Å². The van der Waals surface area contributed by atoms with E-state index >= 15 is 0 Å². The number of nitrogens with zero attached hydrogens (tertiary/aromatic N) is 2. The largest absolute Gasteiger partial charge is 0.496 e. The number of hydrogen-bond donors (Lipinski definition) is 0. The number of methoxy groups -OCH3 is 1. The molecule has 0 saturated carbocycles. The Morgan fingerprint density at radius 2 is 1.83 bits per heavy atom. The van der Waals surface area contributed by atoms with Gasteiger partial charge in [-0.3, -0.25) is 4.98 Å². The highest BCUT2D eigenvalue weighted by atomic mass is 16.5. The predicted molar refractivity (Wildman–Crippen MR) is 89.2 cm³/mol. The molecule has 0 aliphatic heterocycles. The Kier molecular flexibility index (Phi) is 3.27. The molecule has 0 aliphatic carbocycles. The first kappa shape index (κ1) is 13.5. The lowest BCUT2D eigenvalue weighted by Gasteiger charge is -2.09. The molecule has 2 aromatic heterocycles. The van der Waals surface area contributed by atoms with Crippen molar-refractivity contribution >= 4 is 11.1 Å². The van der Waals surface area contributed by atoms with E-state index in [2.05, 4.69) is 9.97 Å². The van der Waals surface area contributed by atoms with Gasteiger partial charge in [0.2, 0.25) is 5.89 Å². The van der Waals surface area contributed by atoms with Crippen LogP contribution in [0.1, 0.15) is 0 Å². The summed E-state index contributed by atoms with van der Waals surface area (Å²) in [6.45, 7) is 0. The van der Waals surface area contributed by atoms with Crippen LogP contribution in [0, 0.1) is 0 Å². The molecule has 0 saturated heterocycles. The van der Waals surface area contributed by atoms with Gasteiger partial charge in [-0.25, -0.2) is 4.98 Å². The number of oxazole rings is 1. The lowest BCUT2D eigenvalue weighted by atomic mass is 10.1. The van der Waals surface area contributed by atoms with Gasteiger partial charge in [0.1, 0.15) is 11.3 Å². The summed E-state index contributed by atoms with van der Waals surface area (Å²) in [6.07, 6.45) is 1.77. The molecule has 112 valence electrons. The molecule has 4 nitrogen and oxygen atoms in total. The molecule has 0 fully saturated rings. The van der Waals surface area contributed by atoms with Crippen LogP contribution in [0.2, 0.25) is 0 Å². The van der Waals surface area contributed by atoms with Gasteiger partial charge in [-0.05, 0) is 42.5 Å². The van der Waals surface area contributed by atoms with Crippen LogP contribution >= 0.6 is 0 Å². The number of ether oxygens (including phenoxy) is 1. The van der Waals surface area contributed by atoms with Gasteiger partial charge in [0, 0.05) is 17.3 Å². The first-order valence-electron chi connectivity index (χ1n) is 7.30. The van der Waals surface area contributed by atoms with E-state index in [1.807, 2.05) is 60.7 Å². The van der Waals surface area contributed by atoms with Gasteiger partial charge < -0.3 is 9.15 Å². The zero-order valence-electron chi connectivity index (χ0n) is 12.6. The molecule has 2 aromatic carbocycles. The van der Waals surface area contributed by atoms with Gasteiger partial charge in [-0.15, -0.1) is 0 Å². The quantitative estimate of drug-likeness (QED) is 0.556. The number of aromatic nitrogens is 2. The molecule has 0 radical (unpaired) electrons. The first-order valence-corrected chi connectivity index (χ1v) is 7.30. The van der Waals surface area contributed by atoms with Crippen LogP contribution in [0.15, 0.2) is 71.3 Å². The molecule has 0 aliphatic rings. The van der Waals surface area contributed by atoms with E-state index in [1.165, 1.54) is 0 Å². The topological polar surface area (TPSA) is 48.2 Å². The summed E-state index contributed by atoms with van der Waals surface area (Å²) in [5.74, 6) is 1.32. The third-order valence-corrected chi connectivity index (χ3v) is 3.68. The number of para-hydroxylation sites is 2. The lowest BCUT2D eigenvalue weighted by molar-refractivity contribution is 0.416. The Morgan fingerprint density at radius 1 is 0.957 bits per heavy atom. The zero-order valence-corrected chi connectivity index (χ0v) is 12.6. The molecule has 0 N–H and O–H groups in total. The molecule has 2 heterocycles. The minimum atomic E-state index is 0.581. The fourth-order valence-electron chi connectivity index (χ4n) is 2.55. The second-order valence-corrected chi connectivity index (χ2v) is 5.12. The molecule has 23 heavy (non-hydrogen) atoms. The molecular weight excluding hydrogens is 288 g/mol. The van der Waals surface area contributed by atoms with Crippen LogP contribution in [0.4, 0.5) is 0 Å². The number of rotatable bonds is 3. The van der Waals surface area contributed by atoms with Gasteiger partial charge >= 0.3 is 0 Å². The van der Waals surface area contributed by atoms with E-state index in [4.69, 9.17) is 9.15 Å². The SMILES string of the molecule is COc1cc(-c2nc3ccccc3o2)ccc1-c1ccccn1. The van der Waals surface area contributed by atoms with E-state index in [-0.39, 0.29) is 0 Å². The minimum absolute atomic E-state index is 0.581. The monoisotopic (exact) mass is 302 g/mol. The van der Waals surface area contributed by atoms with Crippen LogP contribution in [0.5, 0.6) is 5.75 Å². The van der Waals surface area contributed by atoms with Crippen molar-refractivity contribution in [3.63, 3.8) is 0 Å². The highest BCUT2D eigenvalue weighted by molar-refractivity contribution is 5.78. The van der Waals surface area contributed by atoms with E-state index < -0.39 is 0 Å². The number of pyridine rings is 1. The summed E-state index contributed by atoms with van der Waals surface area (Å²) in [5, 5.41) is 0. The minimum Gasteiger partial charge on any atom is -0.496 e. The third-order valence-electron chi connectivity index (χ3n) is 3.68. The van der Waals surface area contributed by atoms with Crippen LogP contribution in [-0.2, 0) is 0 Å². The van der Waals surface area contributed by atoms with Crippen LogP contribution in [-0.4, -0.2) is 17.1 Å². The summed E-state index contributed by atoms with van der Waals surface area (Å²) in [4.78, 5) is 8.90. The molecule has 0 unspecified atom stereocenters. The van der Waals surface area contributed by atoms with Crippen LogP contribution in [0.3, 0.4) is 0 Å². The number of fused-ring (bicyclic) bond motifs is 1. The second kappa shape index (κ2) is 5.57. The Labute approximate surface area is 133 Å². The van der Waals surface area contributed by atoms with Gasteiger partial charge in [0.15, 0.2) is 5.58 Å². The Hall–Kier alpha value is -3.14. The maximum absolute atomic E-state index is 5.82. The van der Waals surface area contributed by atoms with Crippen molar-refractivity contribution in [3.8, 4) is 28.5 Å². The maximum atomic E-state index is 5.82. The van der Waals surface area contributed by atoms with Gasteiger partial charge in [0.05, 0.1) is 12.8 Å². The van der Waals surface area contributed by atoms with Crippen molar-refractivity contribution < 1.29 is 9.15 Å². The molecule has 0 bridgehead atoms. The normalized spacial score (nSPS) is 10.8. The summed E-state index contributed by atoms with van der Waals surface area (Å²) < 4.78 is 11.3. The third kappa shape index (κ3) is 2.44. The van der Waals surface area contributed by atoms with Crippen molar-refractivity contribution in [2.45, 2.75) is 0 Å². The fraction of sp³-hybridized carbons (Fsp3) is 0.0526. The highest BCUT2D eigenvalue weighted by Crippen LogP contribution is 2.33. The maximum Gasteiger partial charge on any atom is 0.227 e. The average Bonchev–Trinajstić information content (AvgIpc) is 3.06. The first-order chi connectivity index (χ1) is 11.3. The van der Waals surface area contributed by atoms with Crippen molar-refractivity contribution in [3.05, 3.63) is 66.9 Å². The van der Waals surface area contributed by atoms with E-state index in [9.17, 15) is 0 Å². The predicted octanol–water partition coefficient (Wildman–Crippen LogP) is 4.57. The van der Waals surface area contributed by atoms with Crippen molar-refractivity contribution in [2.24, 2.45) is 0 Å². The van der Waals surface area contributed by atoms with Crippen LogP contribution < -0.4 is 4.74 Å². The average molecular weight is 302 g/mol. The molecule has 4 rings (SSSR count). The van der Waals surface area contributed by atoms with Crippen molar-refractivity contribution in [2.75, 3.05) is 7.11 Å². The Balaban J connectivity index is 1.81. The molecule has 4 aromatic rings. The molecule has 4 heteroatoms. The fourth-order valence-corrected chi connectivity index (χ4v) is 2.55. The summed E-state index contributed by atoms with van der Waals surface area (Å²) >= 11 is 0. The molecule has 0 amide bonds. The van der Waals surface area contributed by atoms with E-state index in [1.54, 1.807) is 13.3 Å². The Morgan fingerprint density at radius 3 is 2.61 bits per heavy atom. The van der Waals surface area contributed by atoms with Crippen molar-refractivity contribution in [1.82, 2.24) is 9.97 Å². The zero-order chi connectivity index (χ0) is 15.6. The molecule has 0 atom stereocenters. The highest BCUT2D eigenvalue weighted by Gasteiger charge is 2.12. The standard InChI is InChI=1S/C19H14N2O2/c1-22-18-12-13(9-10-14(18)15-6-4-5-11-20-15)19-21-16-7-2-3-8-17(16)23-19/h2-12H,1H3. The van der Waals surface area contributed by atoms with Crippen LogP contribution in [0.25, 0.3) is 33.8 Å². The van der Waals surface area contributed by atoms with Crippen molar-refractivity contribution in [1.29, 1.82) is 0 Å². The summed E-state index contributed by atoms with van der Waals surface area (Å²) in [5.41, 5.74) is 4.30. The second-order valence-electron chi connectivity index (χ2n) is 5.12. The van der Waals surface area contributed by atoms with Gasteiger partial charge in [-0.1, -0.05) is 18.2 Å². The number of hydrogen-bond acceptors (Lipinski definition) is 4. The summed E-state index contributed by atoms with van der Waals surface area (Å²) in [6, 6.07) is 19.4. The summed E-state index contributed by atoms with van der Waals surface area (Å²) in [7, 11) is 1.65. The van der Waals surface area contributed by atoms with Gasteiger partial charge in [-0.2, -0.15) is 0 Å². The number of benzene rings is 2. The van der Waals surface area contributed by atoms with Gasteiger partial charge in [0.25, 0.3) is 0 Å². The Bertz CT molecular complexity index is 928. The molecular formula is C19H14N2O2. The lowest BCUT2D eigenvalue weighted by Crippen LogP contribution is -1.91. The smallest absolute Gasteiger partial charge is 0.227 e. The molecule has 0 spiro atoms. The van der Waals surface area contributed by atoms with E-state index in [0.29, 0.717) is 5.89 Å².